The van der Waals surface area contributed by atoms with E-state index in [1.807, 2.05) is 0 Å². The molecule has 0 amide bonds. The van der Waals surface area contributed by atoms with E-state index in [0.717, 1.165) is 0 Å². The van der Waals surface area contributed by atoms with Crippen molar-refractivity contribution in [2.45, 2.75) is 12.7 Å². The van der Waals surface area contributed by atoms with Gasteiger partial charge in [0.15, 0.2) is 0 Å². The summed E-state index contributed by atoms with van der Waals surface area (Å²) in [6.45, 7) is -0.226. The molecule has 0 saturated carbocycles. The monoisotopic (exact) mass is 374 g/mol. The number of rotatable bonds is 7. The molecule has 0 fully saturated rings. The Morgan fingerprint density at radius 3 is 1.78 bits per heavy atom. The van der Waals surface area contributed by atoms with Gasteiger partial charge in [-0.15, -0.1) is 0 Å². The lowest BCUT2D eigenvalue weighted by atomic mass is 10.2. The Kier molecular flexibility index (Phi) is 6.59. The Labute approximate surface area is 154 Å². The Morgan fingerprint density at radius 1 is 0.815 bits per heavy atom. The van der Waals surface area contributed by atoms with Gasteiger partial charge in [0.25, 0.3) is 6.29 Å². The molecule has 9 nitrogen and oxygen atoms in total. The molecule has 0 bridgehead atoms. The number of benzene rings is 2. The van der Waals surface area contributed by atoms with Crippen molar-refractivity contribution in [1.82, 2.24) is 0 Å². The van der Waals surface area contributed by atoms with Crippen LogP contribution >= 0.6 is 0 Å². The van der Waals surface area contributed by atoms with Gasteiger partial charge in [0.05, 0.1) is 24.2 Å². The van der Waals surface area contributed by atoms with Crippen molar-refractivity contribution in [1.29, 1.82) is 0 Å². The van der Waals surface area contributed by atoms with E-state index in [9.17, 15) is 14.4 Å². The van der Waals surface area contributed by atoms with Crippen LogP contribution in [-0.4, -0.2) is 36.1 Å². The van der Waals surface area contributed by atoms with E-state index in [4.69, 9.17) is 26.0 Å². The molecule has 2 rings (SSSR count). The van der Waals surface area contributed by atoms with E-state index >= 15 is 0 Å². The zero-order valence-corrected chi connectivity index (χ0v) is 14.2. The molecular weight excluding hydrogens is 356 g/mol. The molecule has 2 aromatic rings. The van der Waals surface area contributed by atoms with Crippen LogP contribution in [-0.2, 0) is 14.2 Å². The number of carbonyl (C=O) groups is 3. The maximum absolute atomic E-state index is 12.0. The smallest absolute Gasteiger partial charge is 0.462 e. The maximum atomic E-state index is 12.0. The number of esters is 2. The molecule has 0 radical (unpaired) electrons. The summed E-state index contributed by atoms with van der Waals surface area (Å²) < 4.78 is 14.5. The van der Waals surface area contributed by atoms with Crippen LogP contribution in [0.5, 0.6) is 0 Å². The lowest BCUT2D eigenvalue weighted by Crippen LogP contribution is -2.26. The standard InChI is InChI=1S/C18H18N2O7/c19-13-5-1-11(2-6-13)16(21)25-10-9-15(27-18(23)24)26-17(22)12-3-7-14(20)8-4-12/h1-8,15H,9-10,19-20H2,(H,23,24). The van der Waals surface area contributed by atoms with Gasteiger partial charge in [-0.25, -0.2) is 14.4 Å². The summed E-state index contributed by atoms with van der Waals surface area (Å²) in [5, 5.41) is 8.77. The Morgan fingerprint density at radius 2 is 1.30 bits per heavy atom. The second-order valence-corrected chi connectivity index (χ2v) is 5.39. The number of hydrogen-bond acceptors (Lipinski definition) is 8. The molecule has 1 atom stereocenters. The fourth-order valence-corrected chi connectivity index (χ4v) is 2.01. The fourth-order valence-electron chi connectivity index (χ4n) is 2.01. The van der Waals surface area contributed by atoms with E-state index < -0.39 is 24.4 Å². The number of anilines is 2. The molecule has 0 spiro atoms. The maximum Gasteiger partial charge on any atom is 0.508 e. The van der Waals surface area contributed by atoms with Gasteiger partial charge in [-0.1, -0.05) is 0 Å². The lowest BCUT2D eigenvalue weighted by Gasteiger charge is -2.16. The first kappa shape index (κ1) is 19.6. The Bertz CT molecular complexity index is 803. The largest absolute Gasteiger partial charge is 0.508 e. The summed E-state index contributed by atoms with van der Waals surface area (Å²) in [6, 6.07) is 11.9. The van der Waals surface area contributed by atoms with Crippen LogP contribution in [0.15, 0.2) is 48.5 Å². The Hall–Kier alpha value is -3.75. The number of nitrogens with two attached hydrogens (primary N) is 2. The fraction of sp³-hybridized carbons (Fsp3) is 0.167. The molecule has 0 heterocycles. The average molecular weight is 374 g/mol. The lowest BCUT2D eigenvalue weighted by molar-refractivity contribution is -0.0939. The third-order valence-corrected chi connectivity index (χ3v) is 3.35. The predicted octanol–water partition coefficient (Wildman–Crippen LogP) is 2.28. The first-order valence-corrected chi connectivity index (χ1v) is 7.84. The molecule has 5 N–H and O–H groups in total. The van der Waals surface area contributed by atoms with Crippen molar-refractivity contribution in [3.8, 4) is 0 Å². The number of ether oxygens (including phenoxy) is 3. The Balaban J connectivity index is 1.90. The topological polar surface area (TPSA) is 151 Å². The van der Waals surface area contributed by atoms with Crippen molar-refractivity contribution in [3.05, 3.63) is 59.7 Å². The summed E-state index contributed by atoms with van der Waals surface area (Å²) in [7, 11) is 0. The van der Waals surface area contributed by atoms with Crippen molar-refractivity contribution < 1.29 is 33.7 Å². The van der Waals surface area contributed by atoms with Crippen LogP contribution in [0.1, 0.15) is 27.1 Å². The first-order valence-electron chi connectivity index (χ1n) is 7.84. The molecule has 0 aromatic heterocycles. The van der Waals surface area contributed by atoms with Gasteiger partial charge in [0.1, 0.15) is 0 Å². The van der Waals surface area contributed by atoms with Gasteiger partial charge in [0, 0.05) is 11.4 Å². The quantitative estimate of drug-likeness (QED) is 0.376. The third kappa shape index (κ3) is 6.24. The van der Waals surface area contributed by atoms with Gasteiger partial charge in [-0.05, 0) is 48.5 Å². The van der Waals surface area contributed by atoms with Crippen LogP contribution in [0, 0.1) is 0 Å². The van der Waals surface area contributed by atoms with Gasteiger partial charge >= 0.3 is 18.1 Å². The molecule has 0 saturated heterocycles. The highest BCUT2D eigenvalue weighted by Gasteiger charge is 2.21. The highest BCUT2D eigenvalue weighted by Crippen LogP contribution is 2.12. The number of nitrogen functional groups attached to an aromatic ring is 2. The molecule has 27 heavy (non-hydrogen) atoms. The molecular formula is C18H18N2O7. The minimum absolute atomic E-state index is 0.169. The van der Waals surface area contributed by atoms with Gasteiger partial charge in [0.2, 0.25) is 0 Å². The average Bonchev–Trinajstić information content (AvgIpc) is 2.62. The van der Waals surface area contributed by atoms with Crippen LogP contribution in [0.3, 0.4) is 0 Å². The van der Waals surface area contributed by atoms with E-state index in [1.54, 1.807) is 12.1 Å². The zero-order valence-electron chi connectivity index (χ0n) is 14.2. The van der Waals surface area contributed by atoms with E-state index in [1.165, 1.54) is 36.4 Å². The second-order valence-electron chi connectivity index (χ2n) is 5.39. The molecule has 0 aliphatic heterocycles. The normalized spacial score (nSPS) is 11.3. The van der Waals surface area contributed by atoms with E-state index in [0.29, 0.717) is 11.4 Å². The number of carboxylic acid groups (broad SMARTS) is 1. The number of hydrogen-bond donors (Lipinski definition) is 3. The molecule has 9 heteroatoms. The van der Waals surface area contributed by atoms with Crippen molar-refractivity contribution in [2.24, 2.45) is 0 Å². The zero-order chi connectivity index (χ0) is 19.8. The third-order valence-electron chi connectivity index (χ3n) is 3.35. The molecule has 0 aliphatic carbocycles. The molecule has 0 aliphatic rings. The minimum Gasteiger partial charge on any atom is -0.462 e. The SMILES string of the molecule is Nc1ccc(C(=O)OCCC(OC(=O)O)OC(=O)c2ccc(N)cc2)cc1. The second kappa shape index (κ2) is 9.09. The van der Waals surface area contributed by atoms with Crippen LogP contribution < -0.4 is 11.5 Å². The van der Waals surface area contributed by atoms with E-state index in [-0.39, 0.29) is 24.2 Å². The van der Waals surface area contributed by atoms with E-state index in [2.05, 4.69) is 4.74 Å². The van der Waals surface area contributed by atoms with Crippen LogP contribution in [0.25, 0.3) is 0 Å². The number of carbonyl (C=O) groups excluding carboxylic acids is 2. The van der Waals surface area contributed by atoms with Crippen molar-refractivity contribution in [3.63, 3.8) is 0 Å². The minimum atomic E-state index is -1.63. The summed E-state index contributed by atoms with van der Waals surface area (Å²) in [5.41, 5.74) is 12.5. The first-order chi connectivity index (χ1) is 12.8. The van der Waals surface area contributed by atoms with Crippen molar-refractivity contribution >= 4 is 29.5 Å². The molecule has 2 aromatic carbocycles. The summed E-state index contributed by atoms with van der Waals surface area (Å²) >= 11 is 0. The molecule has 142 valence electrons. The van der Waals surface area contributed by atoms with Crippen LogP contribution in [0.2, 0.25) is 0 Å². The van der Waals surface area contributed by atoms with Crippen LogP contribution in [0.4, 0.5) is 16.2 Å². The van der Waals surface area contributed by atoms with Gasteiger partial charge in [-0.3, -0.25) is 0 Å². The van der Waals surface area contributed by atoms with Gasteiger partial charge < -0.3 is 30.8 Å². The summed E-state index contributed by atoms with van der Waals surface area (Å²) in [4.78, 5) is 34.7. The highest BCUT2D eigenvalue weighted by molar-refractivity contribution is 5.90. The van der Waals surface area contributed by atoms with Crippen molar-refractivity contribution in [2.75, 3.05) is 18.1 Å². The molecule has 1 unspecified atom stereocenters. The predicted molar refractivity (Wildman–Crippen MR) is 94.9 cm³/mol. The highest BCUT2D eigenvalue weighted by atomic mass is 16.8. The summed E-state index contributed by atoms with van der Waals surface area (Å²) in [5.74, 6) is -1.43. The van der Waals surface area contributed by atoms with Gasteiger partial charge in [-0.2, -0.15) is 0 Å². The summed E-state index contributed by atoms with van der Waals surface area (Å²) in [6.07, 6.45) is -3.24.